The van der Waals surface area contributed by atoms with Crippen LogP contribution in [0.5, 0.6) is 0 Å². The van der Waals surface area contributed by atoms with E-state index in [0.29, 0.717) is 18.3 Å². The fraction of sp³-hybridized carbons (Fsp3) is 0.400. The van der Waals surface area contributed by atoms with Crippen molar-refractivity contribution in [1.82, 2.24) is 20.4 Å². The third-order valence-electron chi connectivity index (χ3n) is 5.61. The molecule has 0 radical (unpaired) electrons. The number of benzene rings is 2. The second-order valence-corrected chi connectivity index (χ2v) is 9.43. The lowest BCUT2D eigenvalue weighted by Gasteiger charge is -2.30. The van der Waals surface area contributed by atoms with Crippen LogP contribution in [-0.2, 0) is 11.3 Å². The van der Waals surface area contributed by atoms with Crippen molar-refractivity contribution in [2.24, 2.45) is 5.92 Å². The van der Waals surface area contributed by atoms with Crippen molar-refractivity contribution in [2.45, 2.75) is 37.6 Å². The summed E-state index contributed by atoms with van der Waals surface area (Å²) in [7, 11) is 0. The first-order valence-electron chi connectivity index (χ1n) is 11.2. The SMILES string of the molecule is Cc1cccc(-c2noc(CN3CCCC(C(=O)NCCCSc4ccccc4)C3)n2)c1. The van der Waals surface area contributed by atoms with E-state index in [2.05, 4.69) is 44.6 Å². The Morgan fingerprint density at radius 1 is 1.22 bits per heavy atom. The monoisotopic (exact) mass is 450 g/mol. The van der Waals surface area contributed by atoms with Crippen molar-refractivity contribution in [3.63, 3.8) is 0 Å². The zero-order valence-corrected chi connectivity index (χ0v) is 19.3. The molecule has 2 aromatic carbocycles. The summed E-state index contributed by atoms with van der Waals surface area (Å²) >= 11 is 1.83. The van der Waals surface area contributed by atoms with Gasteiger partial charge < -0.3 is 9.84 Å². The highest BCUT2D eigenvalue weighted by molar-refractivity contribution is 7.99. The average Bonchev–Trinajstić information content (AvgIpc) is 3.28. The van der Waals surface area contributed by atoms with E-state index >= 15 is 0 Å². The molecule has 1 fully saturated rings. The minimum atomic E-state index is 0.0182. The van der Waals surface area contributed by atoms with Crippen molar-refractivity contribution in [1.29, 1.82) is 0 Å². The van der Waals surface area contributed by atoms with Gasteiger partial charge in [0.2, 0.25) is 17.6 Å². The number of nitrogens with zero attached hydrogens (tertiary/aromatic N) is 3. The van der Waals surface area contributed by atoms with Gasteiger partial charge in [0.15, 0.2) is 0 Å². The van der Waals surface area contributed by atoms with E-state index in [4.69, 9.17) is 4.52 Å². The Hall–Kier alpha value is -2.64. The van der Waals surface area contributed by atoms with Crippen molar-refractivity contribution < 1.29 is 9.32 Å². The number of aromatic nitrogens is 2. The topological polar surface area (TPSA) is 71.3 Å². The first kappa shape index (κ1) is 22.6. The highest BCUT2D eigenvalue weighted by Crippen LogP contribution is 2.21. The molecule has 6 nitrogen and oxygen atoms in total. The number of piperidine rings is 1. The molecule has 1 saturated heterocycles. The molecule has 1 aliphatic rings. The quantitative estimate of drug-likeness (QED) is 0.381. The normalized spacial score (nSPS) is 16.7. The van der Waals surface area contributed by atoms with Gasteiger partial charge in [-0.1, -0.05) is 47.1 Å². The summed E-state index contributed by atoms with van der Waals surface area (Å²) in [5.74, 6) is 2.39. The molecule has 0 bridgehead atoms. The van der Waals surface area contributed by atoms with Crippen LogP contribution in [0.15, 0.2) is 64.0 Å². The number of thioether (sulfide) groups is 1. The Labute approximate surface area is 193 Å². The molecular weight excluding hydrogens is 420 g/mol. The van der Waals surface area contributed by atoms with Gasteiger partial charge in [-0.3, -0.25) is 9.69 Å². The van der Waals surface area contributed by atoms with E-state index in [1.54, 1.807) is 0 Å². The largest absolute Gasteiger partial charge is 0.356 e. The maximum absolute atomic E-state index is 12.7. The van der Waals surface area contributed by atoms with Crippen LogP contribution in [0.1, 0.15) is 30.7 Å². The Balaban J connectivity index is 1.20. The Morgan fingerprint density at radius 2 is 2.09 bits per heavy atom. The Morgan fingerprint density at radius 3 is 2.94 bits per heavy atom. The zero-order valence-electron chi connectivity index (χ0n) is 18.5. The van der Waals surface area contributed by atoms with Crippen molar-refractivity contribution in [3.05, 3.63) is 66.1 Å². The number of likely N-dealkylation sites (tertiary alicyclic amines) is 1. The molecule has 1 aromatic heterocycles. The molecule has 168 valence electrons. The summed E-state index contributed by atoms with van der Waals surface area (Å²) in [5.41, 5.74) is 2.12. The summed E-state index contributed by atoms with van der Waals surface area (Å²) in [6, 6.07) is 18.4. The summed E-state index contributed by atoms with van der Waals surface area (Å²) in [5, 5.41) is 7.26. The Kier molecular flexibility index (Phi) is 7.96. The predicted molar refractivity (Wildman–Crippen MR) is 127 cm³/mol. The zero-order chi connectivity index (χ0) is 22.2. The van der Waals surface area contributed by atoms with Gasteiger partial charge in [-0.2, -0.15) is 4.98 Å². The molecule has 1 atom stereocenters. The average molecular weight is 451 g/mol. The van der Waals surface area contributed by atoms with E-state index in [-0.39, 0.29) is 11.8 Å². The third-order valence-corrected chi connectivity index (χ3v) is 6.71. The Bertz CT molecular complexity index is 1010. The van der Waals surface area contributed by atoms with Gasteiger partial charge in [-0.25, -0.2) is 0 Å². The standard InChI is InChI=1S/C25H30N4O2S/c1-19-8-5-9-20(16-19)24-27-23(31-28-24)18-29-14-6-10-21(17-29)25(30)26-13-7-15-32-22-11-3-2-4-12-22/h2-5,8-9,11-12,16,21H,6-7,10,13-15,17-18H2,1H3,(H,26,30). The summed E-state index contributed by atoms with van der Waals surface area (Å²) in [4.78, 5) is 20.7. The molecule has 0 saturated carbocycles. The molecule has 7 heteroatoms. The van der Waals surface area contributed by atoms with Crippen LogP contribution >= 0.6 is 11.8 Å². The fourth-order valence-corrected chi connectivity index (χ4v) is 4.83. The number of aryl methyl sites for hydroxylation is 1. The predicted octanol–water partition coefficient (Wildman–Crippen LogP) is 4.56. The van der Waals surface area contributed by atoms with Crippen LogP contribution in [0.4, 0.5) is 0 Å². The molecule has 1 aliphatic heterocycles. The first-order chi connectivity index (χ1) is 15.7. The third kappa shape index (κ3) is 6.43. The van der Waals surface area contributed by atoms with Gasteiger partial charge in [0, 0.05) is 23.5 Å². The lowest BCUT2D eigenvalue weighted by molar-refractivity contribution is -0.126. The number of amides is 1. The summed E-state index contributed by atoms with van der Waals surface area (Å²) < 4.78 is 5.48. The van der Waals surface area contributed by atoms with Gasteiger partial charge in [0.1, 0.15) is 0 Å². The molecule has 32 heavy (non-hydrogen) atoms. The molecule has 1 amide bonds. The smallest absolute Gasteiger partial charge is 0.241 e. The number of rotatable bonds is 9. The van der Waals surface area contributed by atoms with E-state index in [0.717, 1.165) is 55.8 Å². The lowest BCUT2D eigenvalue weighted by Crippen LogP contribution is -2.43. The molecule has 0 aliphatic carbocycles. The molecular formula is C25H30N4O2S. The van der Waals surface area contributed by atoms with Crippen LogP contribution in [0.25, 0.3) is 11.4 Å². The minimum Gasteiger partial charge on any atom is -0.356 e. The number of carbonyl (C=O) groups excluding carboxylic acids is 1. The van der Waals surface area contributed by atoms with Crippen LogP contribution in [0.3, 0.4) is 0 Å². The highest BCUT2D eigenvalue weighted by atomic mass is 32.2. The molecule has 3 aromatic rings. The maximum Gasteiger partial charge on any atom is 0.241 e. The van der Waals surface area contributed by atoms with Gasteiger partial charge in [-0.05, 0) is 56.7 Å². The molecule has 1 unspecified atom stereocenters. The second-order valence-electron chi connectivity index (χ2n) is 8.26. The van der Waals surface area contributed by atoms with Gasteiger partial charge in [0.25, 0.3) is 0 Å². The van der Waals surface area contributed by atoms with Crippen LogP contribution in [-0.4, -0.2) is 46.3 Å². The van der Waals surface area contributed by atoms with Gasteiger partial charge in [0.05, 0.1) is 12.5 Å². The number of hydrogen-bond acceptors (Lipinski definition) is 6. The van der Waals surface area contributed by atoms with Crippen LogP contribution in [0.2, 0.25) is 0 Å². The first-order valence-corrected chi connectivity index (χ1v) is 12.2. The summed E-state index contributed by atoms with van der Waals surface area (Å²) in [6.45, 7) is 5.02. The molecule has 2 heterocycles. The van der Waals surface area contributed by atoms with E-state index in [1.807, 2.05) is 49.0 Å². The highest BCUT2D eigenvalue weighted by Gasteiger charge is 2.26. The van der Waals surface area contributed by atoms with Crippen molar-refractivity contribution in [2.75, 3.05) is 25.4 Å². The van der Waals surface area contributed by atoms with Crippen molar-refractivity contribution in [3.8, 4) is 11.4 Å². The minimum absolute atomic E-state index is 0.0182. The van der Waals surface area contributed by atoms with Crippen LogP contribution < -0.4 is 5.32 Å². The number of hydrogen-bond donors (Lipinski definition) is 1. The molecule has 4 rings (SSSR count). The van der Waals surface area contributed by atoms with Gasteiger partial charge in [-0.15, -0.1) is 11.8 Å². The number of nitrogens with one attached hydrogen (secondary N) is 1. The van der Waals surface area contributed by atoms with Crippen molar-refractivity contribution >= 4 is 17.7 Å². The van der Waals surface area contributed by atoms with E-state index in [9.17, 15) is 4.79 Å². The van der Waals surface area contributed by atoms with E-state index < -0.39 is 0 Å². The van der Waals surface area contributed by atoms with Crippen LogP contribution in [0, 0.1) is 12.8 Å². The molecule has 0 spiro atoms. The summed E-state index contributed by atoms with van der Waals surface area (Å²) in [6.07, 6.45) is 2.89. The number of carbonyl (C=O) groups is 1. The maximum atomic E-state index is 12.7. The van der Waals surface area contributed by atoms with E-state index in [1.165, 1.54) is 4.90 Å². The lowest BCUT2D eigenvalue weighted by atomic mass is 9.97. The fourth-order valence-electron chi connectivity index (χ4n) is 3.96. The molecule has 1 N–H and O–H groups in total. The second kappa shape index (κ2) is 11.3. The van der Waals surface area contributed by atoms with Gasteiger partial charge >= 0.3 is 0 Å².